The minimum Gasteiger partial charge on any atom is -0.502 e. The predicted octanol–water partition coefficient (Wildman–Crippen LogP) is 1.34. The molecule has 0 heterocycles. The lowest BCUT2D eigenvalue weighted by molar-refractivity contribution is -0.385. The SMILES string of the molecule is O=C(/C=N\O)NCCCN=Cc1cc(Cl)cc([N+](=O)[O-])c1O. The molecule has 0 aromatic heterocycles. The van der Waals surface area contributed by atoms with Gasteiger partial charge in [0.05, 0.1) is 4.92 Å². The van der Waals surface area contributed by atoms with Gasteiger partial charge in [-0.2, -0.15) is 0 Å². The Morgan fingerprint density at radius 1 is 1.50 bits per heavy atom. The summed E-state index contributed by atoms with van der Waals surface area (Å²) in [5.74, 6) is -1.04. The van der Waals surface area contributed by atoms with Crippen LogP contribution in [0.3, 0.4) is 0 Å². The number of nitro benzene ring substituents is 1. The highest BCUT2D eigenvalue weighted by Gasteiger charge is 2.17. The van der Waals surface area contributed by atoms with Crippen LogP contribution in [0, 0.1) is 10.1 Å². The van der Waals surface area contributed by atoms with E-state index in [1.54, 1.807) is 0 Å². The summed E-state index contributed by atoms with van der Waals surface area (Å²) in [6.07, 6.45) is 2.49. The lowest BCUT2D eigenvalue weighted by Crippen LogP contribution is -2.25. The normalized spacial score (nSPS) is 11.1. The van der Waals surface area contributed by atoms with Gasteiger partial charge >= 0.3 is 5.69 Å². The molecule has 0 spiro atoms. The third-order valence-corrected chi connectivity index (χ3v) is 2.67. The Morgan fingerprint density at radius 2 is 2.23 bits per heavy atom. The van der Waals surface area contributed by atoms with E-state index in [0.717, 1.165) is 12.3 Å². The molecule has 0 bridgehead atoms. The van der Waals surface area contributed by atoms with Crippen molar-refractivity contribution in [3.05, 3.63) is 32.8 Å². The molecule has 118 valence electrons. The van der Waals surface area contributed by atoms with E-state index in [0.29, 0.717) is 19.5 Å². The second-order valence-electron chi connectivity index (χ2n) is 4.04. The van der Waals surface area contributed by atoms with Crippen molar-refractivity contribution >= 4 is 35.6 Å². The van der Waals surface area contributed by atoms with Crippen molar-refractivity contribution in [3.8, 4) is 5.75 Å². The first kappa shape index (κ1) is 17.4. The monoisotopic (exact) mass is 328 g/mol. The maximum Gasteiger partial charge on any atom is 0.312 e. The molecule has 3 N–H and O–H groups in total. The van der Waals surface area contributed by atoms with Crippen LogP contribution < -0.4 is 5.32 Å². The van der Waals surface area contributed by atoms with Crippen LogP contribution in [0.25, 0.3) is 0 Å². The fraction of sp³-hybridized carbons (Fsp3) is 0.250. The zero-order valence-electron chi connectivity index (χ0n) is 11.3. The van der Waals surface area contributed by atoms with Gasteiger partial charge in [0.1, 0.15) is 6.21 Å². The maximum atomic E-state index is 10.9. The van der Waals surface area contributed by atoms with Crippen LogP contribution in [0.4, 0.5) is 5.69 Å². The molecule has 22 heavy (non-hydrogen) atoms. The summed E-state index contributed by atoms with van der Waals surface area (Å²) in [6, 6.07) is 2.40. The number of halogens is 1. The molecular formula is C12H13ClN4O5. The van der Waals surface area contributed by atoms with Crippen LogP contribution in [0.1, 0.15) is 12.0 Å². The van der Waals surface area contributed by atoms with E-state index in [2.05, 4.69) is 15.5 Å². The maximum absolute atomic E-state index is 10.9. The molecule has 0 unspecified atom stereocenters. The van der Waals surface area contributed by atoms with E-state index in [1.165, 1.54) is 12.3 Å². The second kappa shape index (κ2) is 8.57. The lowest BCUT2D eigenvalue weighted by Gasteiger charge is -2.02. The summed E-state index contributed by atoms with van der Waals surface area (Å²) in [5, 5.41) is 33.7. The number of nitrogens with zero attached hydrogens (tertiary/aromatic N) is 3. The lowest BCUT2D eigenvalue weighted by atomic mass is 10.2. The highest BCUT2D eigenvalue weighted by molar-refractivity contribution is 6.31. The van der Waals surface area contributed by atoms with Crippen molar-refractivity contribution in [3.63, 3.8) is 0 Å². The molecule has 0 aliphatic carbocycles. The number of hydrogen-bond donors (Lipinski definition) is 3. The van der Waals surface area contributed by atoms with Gasteiger partial charge in [-0.15, -0.1) is 0 Å². The van der Waals surface area contributed by atoms with Crippen LogP contribution in [0.15, 0.2) is 22.3 Å². The number of aliphatic imine (C=N–C) groups is 1. The fourth-order valence-electron chi connectivity index (χ4n) is 1.49. The van der Waals surface area contributed by atoms with Gasteiger partial charge in [-0.05, 0) is 12.5 Å². The number of carbonyl (C=O) groups is 1. The smallest absolute Gasteiger partial charge is 0.312 e. The van der Waals surface area contributed by atoms with E-state index < -0.39 is 22.3 Å². The number of rotatable bonds is 7. The third kappa shape index (κ3) is 5.37. The summed E-state index contributed by atoms with van der Waals surface area (Å²) in [4.78, 5) is 24.9. The fourth-order valence-corrected chi connectivity index (χ4v) is 1.71. The number of oxime groups is 1. The van der Waals surface area contributed by atoms with Gasteiger partial charge in [0, 0.05) is 36.0 Å². The van der Waals surface area contributed by atoms with Gasteiger partial charge in [0.2, 0.25) is 5.75 Å². The van der Waals surface area contributed by atoms with Crippen molar-refractivity contribution in [1.82, 2.24) is 5.32 Å². The van der Waals surface area contributed by atoms with Crippen LogP contribution in [0.5, 0.6) is 5.75 Å². The van der Waals surface area contributed by atoms with Crippen LogP contribution >= 0.6 is 11.6 Å². The van der Waals surface area contributed by atoms with Crippen molar-refractivity contribution in [2.45, 2.75) is 6.42 Å². The molecule has 0 aliphatic heterocycles. The number of aromatic hydroxyl groups is 1. The average molecular weight is 329 g/mol. The summed E-state index contributed by atoms with van der Waals surface area (Å²) in [7, 11) is 0. The zero-order chi connectivity index (χ0) is 16.5. The van der Waals surface area contributed by atoms with Crippen LogP contribution in [0.2, 0.25) is 5.02 Å². The molecule has 10 heteroatoms. The Hall–Kier alpha value is -2.68. The molecule has 0 saturated heterocycles. The Kier molecular flexibility index (Phi) is 6.77. The number of nitrogens with one attached hydrogen (secondary N) is 1. The van der Waals surface area contributed by atoms with Gasteiger partial charge in [0.15, 0.2) is 0 Å². The summed E-state index contributed by atoms with van der Waals surface area (Å²) >= 11 is 5.74. The molecule has 0 fully saturated rings. The van der Waals surface area contributed by atoms with Crippen LogP contribution in [-0.4, -0.2) is 46.7 Å². The van der Waals surface area contributed by atoms with Gasteiger partial charge in [-0.25, -0.2) is 0 Å². The first-order valence-corrected chi connectivity index (χ1v) is 6.45. The minimum atomic E-state index is -0.739. The van der Waals surface area contributed by atoms with E-state index in [9.17, 15) is 20.0 Å². The predicted molar refractivity (Wildman–Crippen MR) is 80.1 cm³/mol. The molecule has 1 rings (SSSR count). The number of phenols is 1. The number of phenolic OH excluding ortho intramolecular Hbond substituents is 1. The third-order valence-electron chi connectivity index (χ3n) is 2.45. The summed E-state index contributed by atoms with van der Waals surface area (Å²) in [5.41, 5.74) is -0.361. The molecule has 0 aliphatic rings. The summed E-state index contributed by atoms with van der Waals surface area (Å²) in [6.45, 7) is 0.625. The molecule has 0 saturated carbocycles. The average Bonchev–Trinajstić information content (AvgIpc) is 2.45. The Morgan fingerprint density at radius 3 is 2.86 bits per heavy atom. The first-order valence-electron chi connectivity index (χ1n) is 6.07. The van der Waals surface area contributed by atoms with E-state index in [4.69, 9.17) is 16.8 Å². The van der Waals surface area contributed by atoms with Crippen molar-refractivity contribution in [2.24, 2.45) is 10.1 Å². The number of benzene rings is 1. The van der Waals surface area contributed by atoms with E-state index >= 15 is 0 Å². The molecule has 9 nitrogen and oxygen atoms in total. The summed E-state index contributed by atoms with van der Waals surface area (Å²) < 4.78 is 0. The van der Waals surface area contributed by atoms with Gasteiger partial charge < -0.3 is 15.6 Å². The zero-order valence-corrected chi connectivity index (χ0v) is 12.0. The van der Waals surface area contributed by atoms with E-state index in [-0.39, 0.29) is 10.6 Å². The number of amides is 1. The quantitative estimate of drug-likeness (QED) is 0.228. The molecule has 1 aromatic rings. The van der Waals surface area contributed by atoms with Gasteiger partial charge in [-0.1, -0.05) is 16.8 Å². The first-order chi connectivity index (χ1) is 10.5. The van der Waals surface area contributed by atoms with Crippen molar-refractivity contribution in [1.29, 1.82) is 0 Å². The molecule has 0 radical (unpaired) electrons. The van der Waals surface area contributed by atoms with Crippen molar-refractivity contribution in [2.75, 3.05) is 13.1 Å². The molecule has 0 atom stereocenters. The second-order valence-corrected chi connectivity index (χ2v) is 4.48. The Balaban J connectivity index is 2.57. The van der Waals surface area contributed by atoms with Gasteiger partial charge in [0.25, 0.3) is 5.91 Å². The van der Waals surface area contributed by atoms with E-state index in [1.807, 2.05) is 0 Å². The Bertz CT molecular complexity index is 618. The number of hydrogen-bond acceptors (Lipinski definition) is 7. The highest BCUT2D eigenvalue weighted by atomic mass is 35.5. The molecule has 1 aromatic carbocycles. The largest absolute Gasteiger partial charge is 0.502 e. The minimum absolute atomic E-state index is 0.113. The van der Waals surface area contributed by atoms with Crippen LogP contribution in [-0.2, 0) is 4.79 Å². The van der Waals surface area contributed by atoms with Gasteiger partial charge in [-0.3, -0.25) is 19.9 Å². The topological polar surface area (TPSA) is 137 Å². The molecular weight excluding hydrogens is 316 g/mol. The van der Waals surface area contributed by atoms with Crippen molar-refractivity contribution < 1.29 is 20.0 Å². The standard InChI is InChI=1S/C12H13ClN4O5/c13-9-4-8(12(19)10(5-9)17(21)22)6-14-2-1-3-15-11(18)7-16-20/h4-7,19-20H,1-3H2,(H,15,18)/b14-6?,16-7-. The number of carbonyl (C=O) groups excluding carboxylic acids is 1. The number of nitro groups is 1. The Labute approximate surface area is 130 Å². The highest BCUT2D eigenvalue weighted by Crippen LogP contribution is 2.32. The molecule has 1 amide bonds.